The third-order valence-corrected chi connectivity index (χ3v) is 4.94. The summed E-state index contributed by atoms with van der Waals surface area (Å²) in [5.74, 6) is -0.971. The van der Waals surface area contributed by atoms with Crippen LogP contribution in [0.15, 0.2) is 54.6 Å². The number of aromatic carboxylic acids is 1. The van der Waals surface area contributed by atoms with Gasteiger partial charge >= 0.3 is 12.1 Å². The highest BCUT2D eigenvalue weighted by Gasteiger charge is 2.34. The maximum absolute atomic E-state index is 12.8. The van der Waals surface area contributed by atoms with Gasteiger partial charge in [0, 0.05) is 13.2 Å². The number of piperidine rings is 1. The molecule has 0 radical (unpaired) electrons. The summed E-state index contributed by atoms with van der Waals surface area (Å²) in [5.41, 5.74) is 2.03. The van der Waals surface area contributed by atoms with Crippen molar-refractivity contribution in [2.75, 3.05) is 13.2 Å². The number of carbonyl (C=O) groups excluding carboxylic acids is 1. The summed E-state index contributed by atoms with van der Waals surface area (Å²) in [6.07, 6.45) is 1.09. The first-order chi connectivity index (χ1) is 13.6. The highest BCUT2D eigenvalue weighted by Crippen LogP contribution is 2.33. The summed E-state index contributed by atoms with van der Waals surface area (Å²) >= 11 is 0. The first-order valence-electron chi connectivity index (χ1n) is 9.50. The number of carboxylic acids is 1. The van der Waals surface area contributed by atoms with E-state index in [2.05, 4.69) is 0 Å². The van der Waals surface area contributed by atoms with Crippen LogP contribution in [0.3, 0.4) is 0 Å². The van der Waals surface area contributed by atoms with Crippen molar-refractivity contribution in [1.82, 2.24) is 4.90 Å². The van der Waals surface area contributed by atoms with E-state index in [9.17, 15) is 9.59 Å². The van der Waals surface area contributed by atoms with Crippen LogP contribution in [-0.4, -0.2) is 41.3 Å². The van der Waals surface area contributed by atoms with Gasteiger partial charge in [0.25, 0.3) is 0 Å². The van der Waals surface area contributed by atoms with Gasteiger partial charge in [0.15, 0.2) is 0 Å². The minimum absolute atomic E-state index is 0.0623. The Kier molecular flexibility index (Phi) is 6.66. The van der Waals surface area contributed by atoms with Crippen molar-refractivity contribution in [3.63, 3.8) is 0 Å². The minimum atomic E-state index is -0.971. The zero-order valence-corrected chi connectivity index (χ0v) is 15.9. The Morgan fingerprint density at radius 2 is 1.82 bits per heavy atom. The molecule has 1 fully saturated rings. The Morgan fingerprint density at radius 1 is 1.11 bits per heavy atom. The second-order valence-corrected chi connectivity index (χ2v) is 6.78. The number of benzene rings is 2. The lowest BCUT2D eigenvalue weighted by Crippen LogP contribution is -2.43. The minimum Gasteiger partial charge on any atom is -0.478 e. The van der Waals surface area contributed by atoms with Gasteiger partial charge in [-0.3, -0.25) is 0 Å². The quantitative estimate of drug-likeness (QED) is 0.806. The second kappa shape index (κ2) is 9.37. The van der Waals surface area contributed by atoms with Gasteiger partial charge in [-0.15, -0.1) is 0 Å². The molecular weight excluding hydrogens is 358 g/mol. The number of likely N-dealkylation sites (tertiary alicyclic amines) is 1. The Balaban J connectivity index is 1.74. The van der Waals surface area contributed by atoms with Crippen LogP contribution in [-0.2, 0) is 16.1 Å². The summed E-state index contributed by atoms with van der Waals surface area (Å²) in [4.78, 5) is 25.6. The molecule has 0 saturated carbocycles. The Hall–Kier alpha value is -2.86. The highest BCUT2D eigenvalue weighted by atomic mass is 16.6. The molecule has 0 aliphatic carbocycles. The summed E-state index contributed by atoms with van der Waals surface area (Å²) in [7, 11) is 0. The van der Waals surface area contributed by atoms with Crippen molar-refractivity contribution >= 4 is 12.1 Å². The molecule has 1 heterocycles. The van der Waals surface area contributed by atoms with Gasteiger partial charge in [-0.1, -0.05) is 42.5 Å². The summed E-state index contributed by atoms with van der Waals surface area (Å²) in [5, 5.41) is 9.11. The average Bonchev–Trinajstić information content (AvgIpc) is 2.73. The largest absolute Gasteiger partial charge is 0.478 e. The smallest absolute Gasteiger partial charge is 0.410 e. The van der Waals surface area contributed by atoms with Crippen molar-refractivity contribution in [2.24, 2.45) is 0 Å². The molecule has 1 aliphatic heterocycles. The van der Waals surface area contributed by atoms with Crippen molar-refractivity contribution in [1.29, 1.82) is 0 Å². The third-order valence-electron chi connectivity index (χ3n) is 4.94. The zero-order chi connectivity index (χ0) is 19.9. The lowest BCUT2D eigenvalue weighted by atomic mass is 9.93. The van der Waals surface area contributed by atoms with E-state index >= 15 is 0 Å². The number of carbonyl (C=O) groups is 2. The predicted molar refractivity (Wildman–Crippen MR) is 104 cm³/mol. The van der Waals surface area contributed by atoms with Gasteiger partial charge < -0.3 is 19.5 Å². The summed E-state index contributed by atoms with van der Waals surface area (Å²) in [6, 6.07) is 16.0. The molecule has 0 aromatic heterocycles. The molecule has 6 nitrogen and oxygen atoms in total. The van der Waals surface area contributed by atoms with Gasteiger partial charge in [0.1, 0.15) is 6.61 Å². The van der Waals surface area contributed by atoms with Crippen LogP contribution in [0.25, 0.3) is 0 Å². The first-order valence-corrected chi connectivity index (χ1v) is 9.50. The van der Waals surface area contributed by atoms with Gasteiger partial charge in [0.2, 0.25) is 0 Å². The zero-order valence-electron chi connectivity index (χ0n) is 15.9. The number of rotatable bonds is 6. The van der Waals surface area contributed by atoms with Gasteiger partial charge in [-0.25, -0.2) is 9.59 Å². The molecule has 3 rings (SSSR count). The molecule has 0 spiro atoms. The highest BCUT2D eigenvalue weighted by molar-refractivity contribution is 5.87. The van der Waals surface area contributed by atoms with E-state index in [-0.39, 0.29) is 30.4 Å². The monoisotopic (exact) mass is 383 g/mol. The Morgan fingerprint density at radius 3 is 2.46 bits per heavy atom. The molecule has 1 N–H and O–H groups in total. The van der Waals surface area contributed by atoms with Crippen molar-refractivity contribution < 1.29 is 24.2 Å². The number of hydrogen-bond donors (Lipinski definition) is 1. The van der Waals surface area contributed by atoms with Crippen LogP contribution in [0, 0.1) is 0 Å². The lowest BCUT2D eigenvalue weighted by Gasteiger charge is -2.38. The van der Waals surface area contributed by atoms with Crippen LogP contribution < -0.4 is 0 Å². The average molecular weight is 383 g/mol. The van der Waals surface area contributed by atoms with Gasteiger partial charge in [0.05, 0.1) is 17.7 Å². The maximum atomic E-state index is 12.8. The van der Waals surface area contributed by atoms with E-state index in [0.717, 1.165) is 17.5 Å². The third kappa shape index (κ3) is 4.89. The molecule has 6 heteroatoms. The second-order valence-electron chi connectivity index (χ2n) is 6.78. The molecule has 2 aromatic rings. The van der Waals surface area contributed by atoms with Crippen molar-refractivity contribution in [3.05, 3.63) is 71.3 Å². The standard InChI is InChI=1S/C22H25NO5/c1-2-27-19-12-13-23(22(26)28-15-16-6-4-3-5-7-16)20(14-19)17-8-10-18(11-9-17)21(24)25/h3-11,19-20H,2,12-15H2,1H3,(H,24,25)/t19-,20-/m0/s1. The molecule has 148 valence electrons. The number of hydrogen-bond acceptors (Lipinski definition) is 4. The van der Waals surface area contributed by atoms with E-state index in [4.69, 9.17) is 14.6 Å². The van der Waals surface area contributed by atoms with E-state index < -0.39 is 5.97 Å². The predicted octanol–water partition coefficient (Wildman–Crippen LogP) is 4.26. The molecule has 28 heavy (non-hydrogen) atoms. The van der Waals surface area contributed by atoms with Crippen molar-refractivity contribution in [2.45, 2.75) is 38.5 Å². The van der Waals surface area contributed by atoms with Crippen LogP contribution in [0.4, 0.5) is 4.79 Å². The van der Waals surface area contributed by atoms with Crippen molar-refractivity contribution in [3.8, 4) is 0 Å². The maximum Gasteiger partial charge on any atom is 0.410 e. The van der Waals surface area contributed by atoms with E-state index in [1.165, 1.54) is 0 Å². The molecule has 1 amide bonds. The topological polar surface area (TPSA) is 76.1 Å². The van der Waals surface area contributed by atoms with E-state index in [1.54, 1.807) is 29.2 Å². The fourth-order valence-corrected chi connectivity index (χ4v) is 3.50. The fraction of sp³-hybridized carbons (Fsp3) is 0.364. The van der Waals surface area contributed by atoms with Crippen LogP contribution in [0.1, 0.15) is 47.3 Å². The molecule has 2 atom stereocenters. The van der Waals surface area contributed by atoms with E-state index in [0.29, 0.717) is 19.6 Å². The SMILES string of the molecule is CCO[C@H]1CCN(C(=O)OCc2ccccc2)[C@H](c2ccc(C(=O)O)cc2)C1. The number of carboxylic acid groups (broad SMARTS) is 1. The molecule has 0 unspecified atom stereocenters. The Labute approximate surface area is 164 Å². The van der Waals surface area contributed by atoms with Crippen LogP contribution >= 0.6 is 0 Å². The first kappa shape index (κ1) is 19.9. The summed E-state index contributed by atoms with van der Waals surface area (Å²) in [6.45, 7) is 3.32. The molecule has 1 aliphatic rings. The normalized spacial score (nSPS) is 19.2. The van der Waals surface area contributed by atoms with Crippen LogP contribution in [0.2, 0.25) is 0 Å². The fourth-order valence-electron chi connectivity index (χ4n) is 3.50. The number of amides is 1. The van der Waals surface area contributed by atoms with E-state index in [1.807, 2.05) is 37.3 Å². The molecule has 1 saturated heterocycles. The summed E-state index contributed by atoms with van der Waals surface area (Å²) < 4.78 is 11.3. The lowest BCUT2D eigenvalue weighted by molar-refractivity contribution is -0.0125. The molecule has 2 aromatic carbocycles. The molecule has 0 bridgehead atoms. The van der Waals surface area contributed by atoms with Gasteiger partial charge in [-0.05, 0) is 43.0 Å². The van der Waals surface area contributed by atoms with Crippen LogP contribution in [0.5, 0.6) is 0 Å². The number of ether oxygens (including phenoxy) is 2. The van der Waals surface area contributed by atoms with Gasteiger partial charge in [-0.2, -0.15) is 0 Å². The number of nitrogens with zero attached hydrogens (tertiary/aromatic N) is 1. The Bertz CT molecular complexity index is 790. The molecular formula is C22H25NO5.